The molecule has 278 valence electrons. The van der Waals surface area contributed by atoms with Crippen LogP contribution in [-0.4, -0.2) is 30.3 Å². The van der Waals surface area contributed by atoms with Crippen molar-refractivity contribution in [2.75, 3.05) is 14.2 Å². The number of nitrogens with zero attached hydrogens (tertiary/aromatic N) is 5. The average molecular weight is 773 g/mol. The number of imidazole rings is 1. The highest BCUT2D eigenvalue weighted by atomic mass is 32.1. The Hall–Kier alpha value is -6.96. The van der Waals surface area contributed by atoms with E-state index in [1.165, 1.54) is 43.3 Å². The van der Waals surface area contributed by atoms with Gasteiger partial charge in [0.15, 0.2) is 4.96 Å². The molecule has 0 spiro atoms. The molecule has 2 aromatic heterocycles. The molecule has 5 nitrogen and oxygen atoms in total. The van der Waals surface area contributed by atoms with Crippen molar-refractivity contribution >= 4 is 91.9 Å². The fraction of sp³-hybridized carbons (Fsp3) is 0.0200. The third-order valence-electron chi connectivity index (χ3n) is 11.7. The molecule has 1 fully saturated rings. The second-order valence-electron chi connectivity index (χ2n) is 15.2. The van der Waals surface area contributed by atoms with Crippen molar-refractivity contribution in [2.45, 2.75) is 6.92 Å². The summed E-state index contributed by atoms with van der Waals surface area (Å²) in [7, 11) is 0. The van der Waals surface area contributed by atoms with Gasteiger partial charge in [0.05, 0.1) is 21.3 Å². The molecule has 0 aliphatic carbocycles. The van der Waals surface area contributed by atoms with E-state index in [0.717, 1.165) is 33.1 Å². The molecule has 11 rings (SSSR count). The van der Waals surface area contributed by atoms with E-state index in [0.29, 0.717) is 0 Å². The molecule has 0 amide bonds. The molecule has 10 aromatic rings. The fourth-order valence-electron chi connectivity index (χ4n) is 9.17. The lowest BCUT2D eigenvalue weighted by Gasteiger charge is -2.57. The van der Waals surface area contributed by atoms with E-state index in [9.17, 15) is 0 Å². The lowest BCUT2D eigenvalue weighted by Crippen LogP contribution is -2.86. The van der Waals surface area contributed by atoms with Crippen molar-refractivity contribution in [3.05, 3.63) is 218 Å². The second kappa shape index (κ2) is 14.8. The predicted octanol–water partition coefficient (Wildman–Crippen LogP) is 9.70. The van der Waals surface area contributed by atoms with Gasteiger partial charge in [-0.1, -0.05) is 175 Å². The Kier molecular flexibility index (Phi) is 8.82. The molecule has 59 heavy (non-hydrogen) atoms. The summed E-state index contributed by atoms with van der Waals surface area (Å²) in [5.41, 5.74) is 14.0. The molecule has 0 unspecified atom stereocenters. The van der Waals surface area contributed by atoms with Crippen LogP contribution in [0.15, 0.2) is 212 Å². The van der Waals surface area contributed by atoms with Crippen molar-refractivity contribution in [3.8, 4) is 11.1 Å². The normalized spacial score (nSPS) is 13.3. The van der Waals surface area contributed by atoms with Crippen LogP contribution in [0.25, 0.3) is 37.3 Å². The van der Waals surface area contributed by atoms with E-state index < -0.39 is 0 Å². The quantitative estimate of drug-likeness (QED) is 0.151. The Bertz CT molecular complexity index is 2960. The van der Waals surface area contributed by atoms with Crippen molar-refractivity contribution in [3.63, 3.8) is 0 Å². The Labute approximate surface area is 349 Å². The summed E-state index contributed by atoms with van der Waals surface area (Å²) in [6.45, 7) is 1.55. The van der Waals surface area contributed by atoms with Crippen molar-refractivity contribution < 1.29 is 0 Å². The number of para-hydroxylation sites is 3. The maximum atomic E-state index is 5.13. The van der Waals surface area contributed by atoms with Crippen molar-refractivity contribution in [1.29, 1.82) is 0 Å². The van der Waals surface area contributed by atoms with Crippen LogP contribution in [0.3, 0.4) is 0 Å². The number of fused-ring (bicyclic) bond motifs is 5. The maximum Gasteiger partial charge on any atom is 0.388 e. The first kappa shape index (κ1) is 35.2. The number of aryl methyl sites for hydroxylation is 1. The molecular weight excluding hydrogens is 735 g/mol. The van der Waals surface area contributed by atoms with Gasteiger partial charge in [0.2, 0.25) is 0 Å². The van der Waals surface area contributed by atoms with Crippen molar-refractivity contribution in [2.24, 2.45) is 0 Å². The summed E-state index contributed by atoms with van der Waals surface area (Å²) in [6.07, 6.45) is 0. The van der Waals surface area contributed by atoms with Gasteiger partial charge in [0, 0.05) is 22.6 Å². The topological polar surface area (TPSA) is 27.0 Å². The van der Waals surface area contributed by atoms with Gasteiger partial charge < -0.3 is 14.2 Å². The van der Waals surface area contributed by atoms with Gasteiger partial charge in [-0.3, -0.25) is 4.40 Å². The van der Waals surface area contributed by atoms with Gasteiger partial charge in [-0.2, -0.15) is 0 Å². The standard InChI is InChI=1S/C50H38B3N5S/c1-37-20-17-34-46-48(37)54-50-55(46)47-35-19-33-45(49(47)59-50)38-21-18-32-44(36-38)58-52(40-24-9-3-10-25-40)56(42-28-13-5-14-29-42)51(39-22-7-2-8-23-39)57(43-30-15-6-16-31-43)53(58)41-26-11-4-12-27-41/h2-36H,1H3. The molecular formula is C50H38B3N5S. The van der Waals surface area contributed by atoms with Gasteiger partial charge in [0.1, 0.15) is 0 Å². The van der Waals surface area contributed by atoms with Crippen LogP contribution in [0.5, 0.6) is 0 Å². The third kappa shape index (κ3) is 6.00. The molecule has 1 aliphatic rings. The Morgan fingerprint density at radius 1 is 0.424 bits per heavy atom. The molecule has 1 aliphatic heterocycles. The summed E-state index contributed by atoms with van der Waals surface area (Å²) < 4.78 is 11.4. The number of benzene rings is 8. The van der Waals surface area contributed by atoms with Gasteiger partial charge in [-0.15, -0.1) is 0 Å². The smallest absolute Gasteiger partial charge is 0.388 e. The van der Waals surface area contributed by atoms with Gasteiger partial charge >= 0.3 is 20.9 Å². The van der Waals surface area contributed by atoms with Gasteiger partial charge in [0.25, 0.3) is 0 Å². The van der Waals surface area contributed by atoms with Crippen LogP contribution in [0.2, 0.25) is 0 Å². The lowest BCUT2D eigenvalue weighted by atomic mass is 9.37. The van der Waals surface area contributed by atoms with E-state index in [-0.39, 0.29) is 20.9 Å². The maximum absolute atomic E-state index is 5.13. The van der Waals surface area contributed by atoms with E-state index in [1.807, 2.05) is 0 Å². The first-order valence-electron chi connectivity index (χ1n) is 20.2. The molecule has 1 saturated heterocycles. The van der Waals surface area contributed by atoms with Crippen LogP contribution in [-0.2, 0) is 0 Å². The first-order chi connectivity index (χ1) is 29.2. The van der Waals surface area contributed by atoms with Crippen LogP contribution in [0.1, 0.15) is 5.56 Å². The summed E-state index contributed by atoms with van der Waals surface area (Å²) >= 11 is 1.77. The zero-order valence-electron chi connectivity index (χ0n) is 32.6. The highest BCUT2D eigenvalue weighted by Crippen LogP contribution is 2.40. The van der Waals surface area contributed by atoms with Crippen LogP contribution in [0.4, 0.5) is 17.1 Å². The number of hydrogen-bond donors (Lipinski definition) is 0. The zero-order chi connectivity index (χ0) is 39.3. The summed E-state index contributed by atoms with van der Waals surface area (Å²) in [4.78, 5) is 6.15. The summed E-state index contributed by atoms with van der Waals surface area (Å²) in [5.74, 6) is 0. The molecule has 0 N–H and O–H groups in total. The highest BCUT2D eigenvalue weighted by Gasteiger charge is 2.55. The second-order valence-corrected chi connectivity index (χ2v) is 16.2. The van der Waals surface area contributed by atoms with Crippen molar-refractivity contribution in [1.82, 2.24) is 9.38 Å². The number of hydrogen-bond acceptors (Lipinski definition) is 5. The van der Waals surface area contributed by atoms with E-state index in [1.54, 1.807) is 11.3 Å². The van der Waals surface area contributed by atoms with Gasteiger partial charge in [-0.25, -0.2) is 4.98 Å². The summed E-state index contributed by atoms with van der Waals surface area (Å²) in [5, 5.41) is 0. The van der Waals surface area contributed by atoms with Crippen LogP contribution < -0.4 is 30.6 Å². The average Bonchev–Trinajstić information content (AvgIpc) is 3.87. The fourth-order valence-corrected chi connectivity index (χ4v) is 10.3. The lowest BCUT2D eigenvalue weighted by molar-refractivity contribution is 1.29. The third-order valence-corrected chi connectivity index (χ3v) is 12.8. The van der Waals surface area contributed by atoms with E-state index >= 15 is 0 Å². The van der Waals surface area contributed by atoms with E-state index in [4.69, 9.17) is 4.98 Å². The van der Waals surface area contributed by atoms with Crippen LogP contribution in [0, 0.1) is 6.92 Å². The first-order valence-corrected chi connectivity index (χ1v) is 21.0. The van der Waals surface area contributed by atoms with Gasteiger partial charge in [-0.05, 0) is 83.0 Å². The minimum Gasteiger partial charge on any atom is -0.416 e. The van der Waals surface area contributed by atoms with E-state index in [2.05, 4.69) is 238 Å². The van der Waals surface area contributed by atoms with Crippen LogP contribution >= 0.6 is 11.3 Å². The minimum atomic E-state index is -0.209. The number of aromatic nitrogens is 2. The molecule has 0 atom stereocenters. The molecule has 0 radical (unpaired) electrons. The number of rotatable bonds is 7. The molecule has 9 heteroatoms. The molecule has 3 heterocycles. The largest absolute Gasteiger partial charge is 0.416 e. The number of anilines is 3. The Balaban J connectivity index is 1.19. The number of thiazole rings is 1. The SMILES string of the molecule is Cc1cccc2c1nc1sc3c(-c4cccc(N5B(c6ccccc6)N(c6ccccc6)B(c6ccccc6)N(c6ccccc6)B5c5ccccc5)c4)cccc3n12. The minimum absolute atomic E-state index is 0.176. The predicted molar refractivity (Wildman–Crippen MR) is 254 cm³/mol. The summed E-state index contributed by atoms with van der Waals surface area (Å²) in [6, 6.07) is 77.3. The molecule has 0 bridgehead atoms. The highest BCUT2D eigenvalue weighted by molar-refractivity contribution is 7.24. The molecule has 0 saturated carbocycles. The Morgan fingerprint density at radius 3 is 1.41 bits per heavy atom. The molecule has 8 aromatic carbocycles. The monoisotopic (exact) mass is 773 g/mol. The Morgan fingerprint density at radius 2 is 0.864 bits per heavy atom. The zero-order valence-corrected chi connectivity index (χ0v) is 33.4.